The van der Waals surface area contributed by atoms with Crippen molar-refractivity contribution in [2.24, 2.45) is 0 Å². The molecule has 0 unspecified atom stereocenters. The van der Waals surface area contributed by atoms with Crippen LogP contribution in [-0.4, -0.2) is 42.2 Å². The Morgan fingerprint density at radius 1 is 1.32 bits per heavy atom. The Balaban J connectivity index is 1.80. The molecular weight excluding hydrogens is 417 g/mol. The average molecular weight is 433 g/mol. The fourth-order valence-corrected chi connectivity index (χ4v) is 3.83. The first-order valence-electron chi connectivity index (χ1n) is 6.98. The van der Waals surface area contributed by atoms with Crippen molar-refractivity contribution < 1.29 is 12.9 Å². The largest absolute Gasteiger partial charge is 0.339 e. The molecule has 0 bridgehead atoms. The molecule has 118 valence electrons. The molecule has 1 aliphatic rings. The maximum absolute atomic E-state index is 11.7. The number of sulfonamides is 1. The van der Waals surface area contributed by atoms with Crippen LogP contribution in [0.1, 0.15) is 24.7 Å². The first kappa shape index (κ1) is 15.9. The van der Waals surface area contributed by atoms with E-state index < -0.39 is 10.0 Å². The summed E-state index contributed by atoms with van der Waals surface area (Å²) in [5, 5.41) is 4.02. The molecule has 0 radical (unpaired) electrons. The van der Waals surface area contributed by atoms with Crippen LogP contribution >= 0.6 is 22.6 Å². The van der Waals surface area contributed by atoms with Crippen LogP contribution in [0.2, 0.25) is 0 Å². The predicted octanol–water partition coefficient (Wildman–Crippen LogP) is 2.48. The summed E-state index contributed by atoms with van der Waals surface area (Å²) in [4.78, 5) is 4.45. The van der Waals surface area contributed by atoms with E-state index in [-0.39, 0.29) is 5.92 Å². The van der Waals surface area contributed by atoms with Crippen molar-refractivity contribution in [3.63, 3.8) is 0 Å². The van der Waals surface area contributed by atoms with E-state index in [1.807, 2.05) is 24.3 Å². The molecule has 0 spiro atoms. The SMILES string of the molecule is CS(=O)(=O)N1CCC[C@H](c2nc(-c3ccc(I)cc3)no2)C1. The zero-order chi connectivity index (χ0) is 15.7. The maximum atomic E-state index is 11.7. The summed E-state index contributed by atoms with van der Waals surface area (Å²) in [6.45, 7) is 0.973. The lowest BCUT2D eigenvalue weighted by molar-refractivity contribution is 0.266. The molecule has 1 aromatic heterocycles. The van der Waals surface area contributed by atoms with Crippen molar-refractivity contribution in [3.05, 3.63) is 33.7 Å². The van der Waals surface area contributed by atoms with Gasteiger partial charge in [0.2, 0.25) is 21.7 Å². The molecule has 2 heterocycles. The van der Waals surface area contributed by atoms with Gasteiger partial charge in [-0.25, -0.2) is 12.7 Å². The van der Waals surface area contributed by atoms with E-state index in [4.69, 9.17) is 4.52 Å². The van der Waals surface area contributed by atoms with Gasteiger partial charge in [0.25, 0.3) is 0 Å². The highest BCUT2D eigenvalue weighted by atomic mass is 127. The molecule has 6 nitrogen and oxygen atoms in total. The minimum absolute atomic E-state index is 0.0337. The van der Waals surface area contributed by atoms with Gasteiger partial charge in [-0.3, -0.25) is 0 Å². The van der Waals surface area contributed by atoms with Crippen LogP contribution in [-0.2, 0) is 10.0 Å². The molecule has 22 heavy (non-hydrogen) atoms. The van der Waals surface area contributed by atoms with E-state index in [9.17, 15) is 8.42 Å². The minimum Gasteiger partial charge on any atom is -0.339 e. The number of halogens is 1. The lowest BCUT2D eigenvalue weighted by atomic mass is 10.00. The lowest BCUT2D eigenvalue weighted by Gasteiger charge is -2.28. The van der Waals surface area contributed by atoms with Crippen molar-refractivity contribution in [1.29, 1.82) is 0 Å². The second kappa shape index (κ2) is 6.25. The fraction of sp³-hybridized carbons (Fsp3) is 0.429. The quantitative estimate of drug-likeness (QED) is 0.696. The first-order chi connectivity index (χ1) is 10.4. The molecule has 8 heteroatoms. The van der Waals surface area contributed by atoms with E-state index in [2.05, 4.69) is 32.7 Å². The second-order valence-corrected chi connectivity index (χ2v) is 8.65. The average Bonchev–Trinajstić information content (AvgIpc) is 2.97. The van der Waals surface area contributed by atoms with E-state index in [1.54, 1.807) is 0 Å². The molecule has 1 fully saturated rings. The Labute approximate surface area is 143 Å². The van der Waals surface area contributed by atoms with E-state index in [1.165, 1.54) is 10.6 Å². The second-order valence-electron chi connectivity index (χ2n) is 5.42. The molecule has 0 aliphatic carbocycles. The third-order valence-corrected chi connectivity index (χ3v) is 5.74. The van der Waals surface area contributed by atoms with Crippen LogP contribution < -0.4 is 0 Å². The van der Waals surface area contributed by atoms with Gasteiger partial charge in [-0.1, -0.05) is 17.3 Å². The molecule has 1 aliphatic heterocycles. The van der Waals surface area contributed by atoms with Crippen LogP contribution in [0.25, 0.3) is 11.4 Å². The Hall–Kier alpha value is -1.00. The van der Waals surface area contributed by atoms with Crippen molar-refractivity contribution >= 4 is 32.6 Å². The van der Waals surface area contributed by atoms with Gasteiger partial charge in [-0.15, -0.1) is 0 Å². The topological polar surface area (TPSA) is 76.3 Å². The zero-order valence-corrected chi connectivity index (χ0v) is 15.0. The van der Waals surface area contributed by atoms with E-state index in [0.29, 0.717) is 24.8 Å². The fourth-order valence-electron chi connectivity index (χ4n) is 2.56. The molecule has 2 aromatic rings. The van der Waals surface area contributed by atoms with Crippen LogP contribution in [0.3, 0.4) is 0 Å². The number of hydrogen-bond donors (Lipinski definition) is 0. The highest BCUT2D eigenvalue weighted by Gasteiger charge is 2.30. The highest BCUT2D eigenvalue weighted by Crippen LogP contribution is 2.28. The minimum atomic E-state index is -3.17. The number of rotatable bonds is 3. The summed E-state index contributed by atoms with van der Waals surface area (Å²) >= 11 is 2.24. The van der Waals surface area contributed by atoms with Gasteiger partial charge in [-0.05, 0) is 47.6 Å². The van der Waals surface area contributed by atoms with Gasteiger partial charge in [-0.2, -0.15) is 4.98 Å². The molecule has 1 atom stereocenters. The van der Waals surface area contributed by atoms with Crippen LogP contribution in [0.4, 0.5) is 0 Å². The zero-order valence-electron chi connectivity index (χ0n) is 12.1. The number of piperidine rings is 1. The van der Waals surface area contributed by atoms with Crippen molar-refractivity contribution in [2.45, 2.75) is 18.8 Å². The molecule has 0 saturated carbocycles. The highest BCUT2D eigenvalue weighted by molar-refractivity contribution is 14.1. The number of nitrogens with zero attached hydrogens (tertiary/aromatic N) is 3. The Morgan fingerprint density at radius 3 is 2.73 bits per heavy atom. The summed E-state index contributed by atoms with van der Waals surface area (Å²) in [7, 11) is -3.17. The standard InChI is InChI=1S/C14H16IN3O3S/c1-22(19,20)18-8-2-3-11(9-18)14-16-13(17-21-14)10-4-6-12(15)7-5-10/h4-7,11H,2-3,8-9H2,1H3/t11-/m0/s1. The van der Waals surface area contributed by atoms with Gasteiger partial charge >= 0.3 is 0 Å². The summed E-state index contributed by atoms with van der Waals surface area (Å²) in [5.41, 5.74) is 0.895. The van der Waals surface area contributed by atoms with Gasteiger partial charge in [0.05, 0.1) is 12.2 Å². The van der Waals surface area contributed by atoms with E-state index in [0.717, 1.165) is 22.0 Å². The monoisotopic (exact) mass is 433 g/mol. The number of hydrogen-bond acceptors (Lipinski definition) is 5. The van der Waals surface area contributed by atoms with Crippen molar-refractivity contribution in [2.75, 3.05) is 19.3 Å². The van der Waals surface area contributed by atoms with Crippen molar-refractivity contribution in [1.82, 2.24) is 14.4 Å². The Kier molecular flexibility index (Phi) is 4.51. The smallest absolute Gasteiger partial charge is 0.231 e. The van der Waals surface area contributed by atoms with Gasteiger partial charge in [0.15, 0.2) is 0 Å². The normalized spacial score (nSPS) is 20.2. The van der Waals surface area contributed by atoms with Gasteiger partial charge in [0.1, 0.15) is 0 Å². The molecule has 0 N–H and O–H groups in total. The third kappa shape index (κ3) is 3.49. The summed E-state index contributed by atoms with van der Waals surface area (Å²) in [6.07, 6.45) is 2.90. The molecule has 1 aromatic carbocycles. The van der Waals surface area contributed by atoms with Gasteiger partial charge < -0.3 is 4.52 Å². The Morgan fingerprint density at radius 2 is 2.05 bits per heavy atom. The Bertz CT molecular complexity index is 758. The number of aromatic nitrogens is 2. The maximum Gasteiger partial charge on any atom is 0.231 e. The lowest BCUT2D eigenvalue weighted by Crippen LogP contribution is -2.38. The molecule has 3 rings (SSSR count). The summed E-state index contributed by atoms with van der Waals surface area (Å²) in [5.74, 6) is 1.03. The summed E-state index contributed by atoms with van der Waals surface area (Å²) in [6, 6.07) is 7.86. The molecule has 1 saturated heterocycles. The van der Waals surface area contributed by atoms with Crippen LogP contribution in [0.5, 0.6) is 0 Å². The van der Waals surface area contributed by atoms with E-state index >= 15 is 0 Å². The summed E-state index contributed by atoms with van der Waals surface area (Å²) < 4.78 is 31.3. The third-order valence-electron chi connectivity index (χ3n) is 3.75. The van der Waals surface area contributed by atoms with Crippen LogP contribution in [0, 0.1) is 3.57 Å². The van der Waals surface area contributed by atoms with Crippen LogP contribution in [0.15, 0.2) is 28.8 Å². The van der Waals surface area contributed by atoms with Gasteiger partial charge in [0, 0.05) is 22.2 Å². The molecular formula is C14H16IN3O3S. The first-order valence-corrected chi connectivity index (χ1v) is 9.91. The molecule has 0 amide bonds. The van der Waals surface area contributed by atoms with Crippen molar-refractivity contribution in [3.8, 4) is 11.4 Å². The number of benzene rings is 1. The predicted molar refractivity (Wildman–Crippen MR) is 90.8 cm³/mol.